The maximum Gasteiger partial charge on any atom is 0.337 e. The fraction of sp³-hybridized carbons (Fsp3) is 0.211. The van der Waals surface area contributed by atoms with Gasteiger partial charge in [-0.05, 0) is 19.1 Å². The van der Waals surface area contributed by atoms with Crippen LogP contribution in [0.15, 0.2) is 36.7 Å². The summed E-state index contributed by atoms with van der Waals surface area (Å²) in [5.41, 5.74) is 1.35. The quantitative estimate of drug-likeness (QED) is 0.642. The number of ether oxygens (including phenoxy) is 3. The van der Waals surface area contributed by atoms with E-state index in [0.29, 0.717) is 17.1 Å². The van der Waals surface area contributed by atoms with Crippen LogP contribution in [0.25, 0.3) is 5.65 Å². The number of aryl methyl sites for hydroxylation is 1. The summed E-state index contributed by atoms with van der Waals surface area (Å²) in [5, 5.41) is 11.9. The number of imidazole rings is 1. The van der Waals surface area contributed by atoms with Gasteiger partial charge in [-0.3, -0.25) is 4.79 Å². The molecule has 0 aliphatic heterocycles. The first-order valence-corrected chi connectivity index (χ1v) is 8.29. The van der Waals surface area contributed by atoms with E-state index in [0.717, 1.165) is 5.69 Å². The van der Waals surface area contributed by atoms with Gasteiger partial charge in [-0.25, -0.2) is 9.78 Å². The van der Waals surface area contributed by atoms with Crippen molar-refractivity contribution in [1.29, 1.82) is 0 Å². The SMILES string of the molecule is COc1cc(NC(=O)COc2cccn3cc(C)nc23)c(C(=O)O)cc1OC. The fourth-order valence-electron chi connectivity index (χ4n) is 2.71. The largest absolute Gasteiger partial charge is 0.493 e. The first-order valence-electron chi connectivity index (χ1n) is 8.29. The Morgan fingerprint density at radius 2 is 1.89 bits per heavy atom. The number of methoxy groups -OCH3 is 2. The number of rotatable bonds is 7. The van der Waals surface area contributed by atoms with E-state index in [1.165, 1.54) is 26.4 Å². The molecule has 0 unspecified atom stereocenters. The van der Waals surface area contributed by atoms with E-state index in [1.807, 2.05) is 19.3 Å². The van der Waals surface area contributed by atoms with Crippen LogP contribution in [0.3, 0.4) is 0 Å². The molecule has 0 atom stereocenters. The molecule has 1 amide bonds. The number of carboxylic acids is 1. The van der Waals surface area contributed by atoms with Crippen molar-refractivity contribution in [3.8, 4) is 17.2 Å². The molecule has 2 N–H and O–H groups in total. The van der Waals surface area contributed by atoms with Gasteiger partial charge < -0.3 is 29.0 Å². The minimum Gasteiger partial charge on any atom is -0.493 e. The van der Waals surface area contributed by atoms with Crippen molar-refractivity contribution in [2.24, 2.45) is 0 Å². The fourth-order valence-corrected chi connectivity index (χ4v) is 2.71. The lowest BCUT2D eigenvalue weighted by atomic mass is 10.1. The monoisotopic (exact) mass is 385 g/mol. The number of nitrogens with zero attached hydrogens (tertiary/aromatic N) is 2. The molecule has 0 aliphatic carbocycles. The molecule has 9 nitrogen and oxygen atoms in total. The number of aromatic carboxylic acids is 1. The Kier molecular flexibility index (Phi) is 5.35. The molecule has 0 bridgehead atoms. The molecule has 0 saturated heterocycles. The molecular formula is C19H19N3O6. The summed E-state index contributed by atoms with van der Waals surface area (Å²) in [6, 6.07) is 6.15. The van der Waals surface area contributed by atoms with Crippen molar-refractivity contribution in [3.05, 3.63) is 47.9 Å². The third-order valence-corrected chi connectivity index (χ3v) is 3.95. The minimum absolute atomic E-state index is 0.0774. The molecule has 2 aromatic heterocycles. The van der Waals surface area contributed by atoms with Crippen LogP contribution in [0.4, 0.5) is 5.69 Å². The number of benzene rings is 1. The first kappa shape index (κ1) is 19.0. The van der Waals surface area contributed by atoms with E-state index in [-0.39, 0.29) is 23.6 Å². The molecule has 0 fully saturated rings. The van der Waals surface area contributed by atoms with Gasteiger partial charge in [-0.2, -0.15) is 0 Å². The van der Waals surface area contributed by atoms with Crippen molar-refractivity contribution >= 4 is 23.2 Å². The highest BCUT2D eigenvalue weighted by molar-refractivity contribution is 6.01. The number of carbonyl (C=O) groups excluding carboxylic acids is 1. The summed E-state index contributed by atoms with van der Waals surface area (Å²) in [4.78, 5) is 28.2. The average molecular weight is 385 g/mol. The van der Waals surface area contributed by atoms with E-state index in [1.54, 1.807) is 16.5 Å². The average Bonchev–Trinajstić information content (AvgIpc) is 3.06. The molecule has 3 aromatic rings. The number of hydrogen-bond acceptors (Lipinski definition) is 6. The van der Waals surface area contributed by atoms with E-state index in [2.05, 4.69) is 10.3 Å². The smallest absolute Gasteiger partial charge is 0.337 e. The zero-order valence-electron chi connectivity index (χ0n) is 15.6. The van der Waals surface area contributed by atoms with E-state index in [4.69, 9.17) is 14.2 Å². The van der Waals surface area contributed by atoms with Crippen LogP contribution in [0.2, 0.25) is 0 Å². The number of fused-ring (bicyclic) bond motifs is 1. The second kappa shape index (κ2) is 7.87. The Morgan fingerprint density at radius 3 is 2.57 bits per heavy atom. The zero-order chi connectivity index (χ0) is 20.3. The van der Waals surface area contributed by atoms with Crippen LogP contribution in [-0.4, -0.2) is 47.2 Å². The predicted molar refractivity (Wildman–Crippen MR) is 101 cm³/mol. The van der Waals surface area contributed by atoms with Crippen molar-refractivity contribution in [1.82, 2.24) is 9.38 Å². The molecule has 0 aliphatic rings. The van der Waals surface area contributed by atoms with E-state index >= 15 is 0 Å². The molecule has 0 spiro atoms. The Hall–Kier alpha value is -3.75. The van der Waals surface area contributed by atoms with Crippen molar-refractivity contribution < 1.29 is 28.9 Å². The van der Waals surface area contributed by atoms with Crippen LogP contribution in [0, 0.1) is 6.92 Å². The normalized spacial score (nSPS) is 10.5. The van der Waals surface area contributed by atoms with Gasteiger partial charge >= 0.3 is 5.97 Å². The topological polar surface area (TPSA) is 111 Å². The van der Waals surface area contributed by atoms with Crippen LogP contribution in [-0.2, 0) is 4.79 Å². The Labute approximate surface area is 160 Å². The molecular weight excluding hydrogens is 366 g/mol. The molecule has 146 valence electrons. The second-order valence-electron chi connectivity index (χ2n) is 5.88. The number of amides is 1. The molecule has 9 heteroatoms. The summed E-state index contributed by atoms with van der Waals surface area (Å²) in [7, 11) is 2.81. The maximum absolute atomic E-state index is 12.3. The lowest BCUT2D eigenvalue weighted by Crippen LogP contribution is -2.22. The van der Waals surface area contributed by atoms with Gasteiger partial charge in [0.05, 0.1) is 31.2 Å². The third kappa shape index (κ3) is 3.83. The highest BCUT2D eigenvalue weighted by atomic mass is 16.5. The molecule has 28 heavy (non-hydrogen) atoms. The summed E-state index contributed by atoms with van der Waals surface area (Å²) >= 11 is 0. The van der Waals surface area contributed by atoms with Crippen molar-refractivity contribution in [2.45, 2.75) is 6.92 Å². The highest BCUT2D eigenvalue weighted by Crippen LogP contribution is 2.33. The van der Waals surface area contributed by atoms with Crippen LogP contribution in [0.5, 0.6) is 17.2 Å². The van der Waals surface area contributed by atoms with Crippen LogP contribution >= 0.6 is 0 Å². The van der Waals surface area contributed by atoms with Gasteiger partial charge in [0, 0.05) is 24.5 Å². The standard InChI is InChI=1S/C19H19N3O6/c1-11-9-22-6-4-5-14(18(22)20-11)28-10-17(23)21-13-8-16(27-3)15(26-2)7-12(13)19(24)25/h4-9H,10H2,1-3H3,(H,21,23)(H,24,25). The maximum atomic E-state index is 12.3. The lowest BCUT2D eigenvalue weighted by molar-refractivity contribution is -0.118. The minimum atomic E-state index is -1.21. The number of nitrogens with one attached hydrogen (secondary N) is 1. The van der Waals surface area contributed by atoms with Gasteiger partial charge in [0.25, 0.3) is 5.91 Å². The summed E-state index contributed by atoms with van der Waals surface area (Å²) in [6.45, 7) is 1.53. The first-order chi connectivity index (χ1) is 13.4. The van der Waals surface area contributed by atoms with Crippen LogP contribution in [0.1, 0.15) is 16.1 Å². The lowest BCUT2D eigenvalue weighted by Gasteiger charge is -2.14. The van der Waals surface area contributed by atoms with E-state index in [9.17, 15) is 14.7 Å². The summed E-state index contributed by atoms with van der Waals surface area (Å²) in [6.07, 6.45) is 3.66. The zero-order valence-corrected chi connectivity index (χ0v) is 15.6. The highest BCUT2D eigenvalue weighted by Gasteiger charge is 2.18. The molecule has 0 saturated carbocycles. The predicted octanol–water partition coefficient (Wildman–Crippen LogP) is 2.38. The molecule has 1 aromatic carbocycles. The molecule has 0 radical (unpaired) electrons. The second-order valence-corrected chi connectivity index (χ2v) is 5.88. The Balaban J connectivity index is 1.78. The van der Waals surface area contributed by atoms with Gasteiger partial charge in [0.2, 0.25) is 0 Å². The number of hydrogen-bond donors (Lipinski definition) is 2. The summed E-state index contributed by atoms with van der Waals surface area (Å²) in [5.74, 6) is -0.761. The number of carboxylic acid groups (broad SMARTS) is 1. The Bertz CT molecular complexity index is 1040. The van der Waals surface area contributed by atoms with E-state index < -0.39 is 11.9 Å². The Morgan fingerprint density at radius 1 is 1.18 bits per heavy atom. The van der Waals surface area contributed by atoms with Gasteiger partial charge in [0.1, 0.15) is 0 Å². The van der Waals surface area contributed by atoms with Gasteiger partial charge in [-0.1, -0.05) is 0 Å². The van der Waals surface area contributed by atoms with Crippen molar-refractivity contribution in [2.75, 3.05) is 26.1 Å². The third-order valence-electron chi connectivity index (χ3n) is 3.95. The number of carbonyl (C=O) groups is 2. The summed E-state index contributed by atoms with van der Waals surface area (Å²) < 4.78 is 17.6. The van der Waals surface area contributed by atoms with Gasteiger partial charge in [0.15, 0.2) is 29.5 Å². The van der Waals surface area contributed by atoms with Crippen LogP contribution < -0.4 is 19.5 Å². The number of anilines is 1. The molecule has 2 heterocycles. The number of pyridine rings is 1. The van der Waals surface area contributed by atoms with Gasteiger partial charge in [-0.15, -0.1) is 0 Å². The molecule has 3 rings (SSSR count). The van der Waals surface area contributed by atoms with Crippen molar-refractivity contribution in [3.63, 3.8) is 0 Å². The number of aromatic nitrogens is 2.